The molecule has 1 atom stereocenters. The number of piperazine rings is 1. The lowest BCUT2D eigenvalue weighted by molar-refractivity contribution is 0.112. The summed E-state index contributed by atoms with van der Waals surface area (Å²) in [7, 11) is 3.30. The Morgan fingerprint density at radius 3 is 2.41 bits per heavy atom. The first-order valence-corrected chi connectivity index (χ1v) is 11.7. The van der Waals surface area contributed by atoms with Crippen molar-refractivity contribution in [1.82, 2.24) is 30.0 Å². The van der Waals surface area contributed by atoms with Crippen molar-refractivity contribution in [2.75, 3.05) is 46.9 Å². The minimum Gasteiger partial charge on any atom is -0.493 e. The highest BCUT2D eigenvalue weighted by Crippen LogP contribution is 2.30. The molecular formula is C26H34N6O2. The van der Waals surface area contributed by atoms with Gasteiger partial charge in [0.1, 0.15) is 0 Å². The van der Waals surface area contributed by atoms with E-state index in [0.29, 0.717) is 6.54 Å². The van der Waals surface area contributed by atoms with Crippen molar-refractivity contribution in [2.45, 2.75) is 25.9 Å². The summed E-state index contributed by atoms with van der Waals surface area (Å²) in [4.78, 5) is 4.92. The Balaban J connectivity index is 1.57. The Bertz CT molecular complexity index is 1070. The Morgan fingerprint density at radius 2 is 1.74 bits per heavy atom. The van der Waals surface area contributed by atoms with E-state index in [1.54, 1.807) is 14.2 Å². The van der Waals surface area contributed by atoms with Crippen molar-refractivity contribution < 1.29 is 9.47 Å². The van der Waals surface area contributed by atoms with Crippen LogP contribution in [0.3, 0.4) is 0 Å². The van der Waals surface area contributed by atoms with Crippen molar-refractivity contribution >= 4 is 0 Å². The van der Waals surface area contributed by atoms with Gasteiger partial charge in [0.2, 0.25) is 0 Å². The van der Waals surface area contributed by atoms with Crippen LogP contribution in [0.5, 0.6) is 11.5 Å². The molecule has 1 aliphatic heterocycles. The van der Waals surface area contributed by atoms with Crippen LogP contribution in [0.4, 0.5) is 0 Å². The van der Waals surface area contributed by atoms with Crippen molar-refractivity contribution in [3.63, 3.8) is 0 Å². The standard InChI is InChI=1S/C26H34N6O2/c1-5-13-30-15-17-31(18-16-30)25(22-9-6-20(2)7-10-22)26-27-28-29-32(26)14-12-21-8-11-23(33-3)24(19-21)34-4/h5-11,19,25H,1,12-18H2,2-4H3. The molecule has 8 nitrogen and oxygen atoms in total. The van der Waals surface area contributed by atoms with E-state index in [9.17, 15) is 0 Å². The Labute approximate surface area is 201 Å². The zero-order chi connectivity index (χ0) is 23.9. The molecule has 1 unspecified atom stereocenters. The second-order valence-electron chi connectivity index (χ2n) is 8.64. The van der Waals surface area contributed by atoms with Gasteiger partial charge in [-0.05, 0) is 47.0 Å². The van der Waals surface area contributed by atoms with Crippen molar-refractivity contribution in [3.8, 4) is 11.5 Å². The van der Waals surface area contributed by atoms with Crippen LogP contribution in [0, 0.1) is 6.92 Å². The second kappa shape index (κ2) is 11.3. The molecule has 0 N–H and O–H groups in total. The highest BCUT2D eigenvalue weighted by atomic mass is 16.5. The van der Waals surface area contributed by atoms with Crippen LogP contribution in [0.25, 0.3) is 0 Å². The van der Waals surface area contributed by atoms with Gasteiger partial charge in [0, 0.05) is 39.3 Å². The number of hydrogen-bond acceptors (Lipinski definition) is 7. The van der Waals surface area contributed by atoms with Gasteiger partial charge in [0.05, 0.1) is 20.3 Å². The number of hydrogen-bond donors (Lipinski definition) is 0. The van der Waals surface area contributed by atoms with E-state index >= 15 is 0 Å². The van der Waals surface area contributed by atoms with E-state index in [1.807, 2.05) is 22.9 Å². The van der Waals surface area contributed by atoms with E-state index in [1.165, 1.54) is 11.1 Å². The van der Waals surface area contributed by atoms with E-state index in [-0.39, 0.29) is 6.04 Å². The number of aryl methyl sites for hydroxylation is 3. The lowest BCUT2D eigenvalue weighted by atomic mass is 10.0. The first kappa shape index (κ1) is 23.9. The van der Waals surface area contributed by atoms with Crippen LogP contribution in [0.1, 0.15) is 28.6 Å². The van der Waals surface area contributed by atoms with Crippen LogP contribution in [-0.4, -0.2) is 77.0 Å². The van der Waals surface area contributed by atoms with E-state index < -0.39 is 0 Å². The van der Waals surface area contributed by atoms with Crippen molar-refractivity contribution in [3.05, 3.63) is 77.6 Å². The van der Waals surface area contributed by atoms with Gasteiger partial charge >= 0.3 is 0 Å². The highest BCUT2D eigenvalue weighted by Gasteiger charge is 2.30. The summed E-state index contributed by atoms with van der Waals surface area (Å²) >= 11 is 0. The molecular weight excluding hydrogens is 428 g/mol. The molecule has 0 aliphatic carbocycles. The summed E-state index contributed by atoms with van der Waals surface area (Å²) in [6, 6.07) is 14.7. The van der Waals surface area contributed by atoms with Gasteiger partial charge in [0.15, 0.2) is 17.3 Å². The van der Waals surface area contributed by atoms with Gasteiger partial charge in [-0.25, -0.2) is 4.68 Å². The zero-order valence-electron chi connectivity index (χ0n) is 20.4. The maximum absolute atomic E-state index is 5.46. The predicted molar refractivity (Wildman–Crippen MR) is 132 cm³/mol. The van der Waals surface area contributed by atoms with Gasteiger partial charge in [0.25, 0.3) is 0 Å². The first-order chi connectivity index (χ1) is 16.6. The van der Waals surface area contributed by atoms with Crippen LogP contribution in [0.2, 0.25) is 0 Å². The molecule has 1 aliphatic rings. The minimum absolute atomic E-state index is 0.00637. The Morgan fingerprint density at radius 1 is 1.00 bits per heavy atom. The van der Waals surface area contributed by atoms with Crippen LogP contribution in [0.15, 0.2) is 55.1 Å². The average molecular weight is 463 g/mol. The smallest absolute Gasteiger partial charge is 0.173 e. The topological polar surface area (TPSA) is 68.5 Å². The predicted octanol–water partition coefficient (Wildman–Crippen LogP) is 3.13. The Hall–Kier alpha value is -3.23. The van der Waals surface area contributed by atoms with Crippen molar-refractivity contribution in [2.24, 2.45) is 0 Å². The average Bonchev–Trinajstić information content (AvgIpc) is 3.33. The van der Waals surface area contributed by atoms with Gasteiger partial charge in [-0.1, -0.05) is 42.0 Å². The third kappa shape index (κ3) is 5.46. The van der Waals surface area contributed by atoms with Crippen LogP contribution < -0.4 is 9.47 Å². The molecule has 0 saturated carbocycles. The molecule has 3 aromatic rings. The number of ether oxygens (including phenoxy) is 2. The van der Waals surface area contributed by atoms with E-state index in [2.05, 4.69) is 69.2 Å². The fourth-order valence-corrected chi connectivity index (χ4v) is 4.50. The highest BCUT2D eigenvalue weighted by molar-refractivity contribution is 5.42. The van der Waals surface area contributed by atoms with Gasteiger partial charge in [-0.15, -0.1) is 11.7 Å². The van der Waals surface area contributed by atoms with Crippen LogP contribution >= 0.6 is 0 Å². The SMILES string of the molecule is C=CCN1CCN(C(c2ccc(C)cc2)c2nnnn2CCc2ccc(OC)c(OC)c2)CC1. The monoisotopic (exact) mass is 462 g/mol. The molecule has 0 amide bonds. The molecule has 0 spiro atoms. The number of benzene rings is 2. The number of nitrogens with zero attached hydrogens (tertiary/aromatic N) is 6. The van der Waals surface area contributed by atoms with E-state index in [4.69, 9.17) is 9.47 Å². The summed E-state index contributed by atoms with van der Waals surface area (Å²) in [5, 5.41) is 12.9. The lowest BCUT2D eigenvalue weighted by Gasteiger charge is -2.38. The normalized spacial score (nSPS) is 15.7. The maximum atomic E-state index is 5.46. The molecule has 0 bridgehead atoms. The fraction of sp³-hybridized carbons (Fsp3) is 0.423. The number of tetrazole rings is 1. The quantitative estimate of drug-likeness (QED) is 0.429. The maximum Gasteiger partial charge on any atom is 0.173 e. The van der Waals surface area contributed by atoms with Gasteiger partial charge < -0.3 is 9.47 Å². The molecule has 1 saturated heterocycles. The Kier molecular flexibility index (Phi) is 7.92. The summed E-state index contributed by atoms with van der Waals surface area (Å²) in [6.07, 6.45) is 2.76. The van der Waals surface area contributed by atoms with Gasteiger partial charge in [-0.3, -0.25) is 9.80 Å². The molecule has 2 aromatic carbocycles. The van der Waals surface area contributed by atoms with E-state index in [0.717, 1.165) is 62.0 Å². The first-order valence-electron chi connectivity index (χ1n) is 11.7. The second-order valence-corrected chi connectivity index (χ2v) is 8.64. The molecule has 1 aromatic heterocycles. The minimum atomic E-state index is 0.00637. The summed E-state index contributed by atoms with van der Waals surface area (Å²) in [5.41, 5.74) is 3.60. The molecule has 4 rings (SSSR count). The number of rotatable bonds is 10. The summed E-state index contributed by atoms with van der Waals surface area (Å²) in [5.74, 6) is 2.33. The number of methoxy groups -OCH3 is 2. The van der Waals surface area contributed by atoms with Crippen LogP contribution in [-0.2, 0) is 13.0 Å². The largest absolute Gasteiger partial charge is 0.493 e. The fourth-order valence-electron chi connectivity index (χ4n) is 4.50. The molecule has 34 heavy (non-hydrogen) atoms. The molecule has 0 radical (unpaired) electrons. The third-order valence-corrected chi connectivity index (χ3v) is 6.42. The number of aromatic nitrogens is 4. The van der Waals surface area contributed by atoms with Crippen molar-refractivity contribution in [1.29, 1.82) is 0 Å². The van der Waals surface area contributed by atoms with Gasteiger partial charge in [-0.2, -0.15) is 0 Å². The summed E-state index contributed by atoms with van der Waals surface area (Å²) in [6.45, 7) is 11.5. The molecule has 8 heteroatoms. The summed E-state index contributed by atoms with van der Waals surface area (Å²) < 4.78 is 12.8. The zero-order valence-corrected chi connectivity index (χ0v) is 20.4. The third-order valence-electron chi connectivity index (χ3n) is 6.42. The molecule has 2 heterocycles. The molecule has 1 fully saturated rings. The lowest BCUT2D eigenvalue weighted by Crippen LogP contribution is -2.48. The molecule has 180 valence electrons.